The fraction of sp³-hybridized carbons (Fsp3) is 0.778. The van der Waals surface area contributed by atoms with E-state index in [9.17, 15) is 0 Å². The maximum atomic E-state index is 5.73. The molecule has 4 fully saturated rings. The van der Waals surface area contributed by atoms with Crippen LogP contribution in [0.3, 0.4) is 0 Å². The van der Waals surface area contributed by atoms with Crippen LogP contribution in [0.2, 0.25) is 0 Å². The molecule has 5 aliphatic rings. The summed E-state index contributed by atoms with van der Waals surface area (Å²) < 4.78 is 22.3. The van der Waals surface area contributed by atoms with Gasteiger partial charge < -0.3 is 18.9 Å². The Hall–Kier alpha value is -0.580. The molecule has 5 rings (SSSR count). The smallest absolute Gasteiger partial charge is 0.229 e. The normalized spacial score (nSPS) is 68.9. The number of hydrogen-bond acceptors (Lipinski definition) is 4. The lowest BCUT2D eigenvalue weighted by Crippen LogP contribution is -2.37. The molecule has 0 aromatic carbocycles. The lowest BCUT2D eigenvalue weighted by atomic mass is 9.88. The van der Waals surface area contributed by atoms with Gasteiger partial charge in [-0.05, 0) is 12.5 Å². The Morgan fingerprint density at radius 3 is 3.31 bits per heavy atom. The number of epoxide rings is 3. The molecule has 0 amide bonds. The van der Waals surface area contributed by atoms with Crippen molar-refractivity contribution >= 4 is 0 Å². The van der Waals surface area contributed by atoms with E-state index < -0.39 is 0 Å². The third-order valence-electron chi connectivity index (χ3n) is 3.64. The van der Waals surface area contributed by atoms with E-state index in [1.165, 1.54) is 0 Å². The summed E-state index contributed by atoms with van der Waals surface area (Å²) in [6.07, 6.45) is 4.08. The predicted molar refractivity (Wildman–Crippen MR) is 38.7 cm³/mol. The quantitative estimate of drug-likeness (QED) is 0.490. The first-order valence-corrected chi connectivity index (χ1v) is 4.75. The van der Waals surface area contributed by atoms with Gasteiger partial charge in [-0.25, -0.2) is 0 Å². The largest absolute Gasteiger partial charge is 0.463 e. The summed E-state index contributed by atoms with van der Waals surface area (Å²) in [5.41, 5.74) is -0.222. The topological polar surface area (TPSA) is 46.8 Å². The summed E-state index contributed by atoms with van der Waals surface area (Å²) in [6, 6.07) is 0. The highest BCUT2D eigenvalue weighted by molar-refractivity contribution is 5.39. The van der Waals surface area contributed by atoms with E-state index >= 15 is 0 Å². The van der Waals surface area contributed by atoms with E-state index in [2.05, 4.69) is 6.08 Å². The Balaban J connectivity index is 1.70. The lowest BCUT2D eigenvalue weighted by molar-refractivity contribution is 0.0669. The van der Waals surface area contributed by atoms with Crippen molar-refractivity contribution in [2.24, 2.45) is 0 Å². The molecule has 0 aromatic heterocycles. The first kappa shape index (κ1) is 6.01. The summed E-state index contributed by atoms with van der Waals surface area (Å²) in [7, 11) is 0. The summed E-state index contributed by atoms with van der Waals surface area (Å²) in [4.78, 5) is 0. The zero-order chi connectivity index (χ0) is 8.21. The molecule has 4 heterocycles. The standard InChI is InChI=1S/C9H8O4/c1-2-4-9(6-3(1)10-6)7(13-9)5-8(11-4)12-5/h2-3,5-8H,1H2. The van der Waals surface area contributed by atoms with Crippen molar-refractivity contribution in [2.45, 2.75) is 42.7 Å². The average Bonchev–Trinajstić information content (AvgIpc) is 2.93. The SMILES string of the molecule is C1=C2OC3OC3C3OC23C2OC2C1. The molecule has 0 bridgehead atoms. The van der Waals surface area contributed by atoms with E-state index in [0.717, 1.165) is 12.2 Å². The second-order valence-corrected chi connectivity index (χ2v) is 4.32. The lowest BCUT2D eigenvalue weighted by Gasteiger charge is -2.20. The van der Waals surface area contributed by atoms with Crippen LogP contribution < -0.4 is 0 Å². The first-order chi connectivity index (χ1) is 6.39. The van der Waals surface area contributed by atoms with Crippen LogP contribution in [-0.2, 0) is 18.9 Å². The molecule has 6 unspecified atom stereocenters. The second-order valence-electron chi connectivity index (χ2n) is 4.32. The zero-order valence-electron chi connectivity index (χ0n) is 6.80. The summed E-state index contributed by atoms with van der Waals surface area (Å²) in [6.45, 7) is 0. The van der Waals surface area contributed by atoms with Crippen LogP contribution in [-0.4, -0.2) is 36.3 Å². The van der Waals surface area contributed by atoms with Gasteiger partial charge in [-0.2, -0.15) is 0 Å². The van der Waals surface area contributed by atoms with Gasteiger partial charge in [0.1, 0.15) is 18.0 Å². The first-order valence-electron chi connectivity index (χ1n) is 4.75. The number of ether oxygens (including phenoxy) is 4. The molecule has 13 heavy (non-hydrogen) atoms. The van der Waals surface area contributed by atoms with Crippen LogP contribution >= 0.6 is 0 Å². The second kappa shape index (κ2) is 1.43. The van der Waals surface area contributed by atoms with Gasteiger partial charge in [-0.15, -0.1) is 0 Å². The molecule has 4 nitrogen and oxygen atoms in total. The van der Waals surface area contributed by atoms with Crippen molar-refractivity contribution in [3.63, 3.8) is 0 Å². The monoisotopic (exact) mass is 180 g/mol. The van der Waals surface area contributed by atoms with Gasteiger partial charge in [0, 0.05) is 0 Å². The van der Waals surface area contributed by atoms with Gasteiger partial charge in [0.2, 0.25) is 6.29 Å². The highest BCUT2D eigenvalue weighted by Crippen LogP contribution is 2.64. The van der Waals surface area contributed by atoms with Crippen LogP contribution in [0.15, 0.2) is 11.8 Å². The van der Waals surface area contributed by atoms with Gasteiger partial charge in [-0.3, -0.25) is 0 Å². The minimum atomic E-state index is -0.222. The van der Waals surface area contributed by atoms with Gasteiger partial charge in [0.05, 0.1) is 6.10 Å². The fourth-order valence-corrected chi connectivity index (χ4v) is 2.82. The van der Waals surface area contributed by atoms with E-state index in [1.807, 2.05) is 0 Å². The minimum absolute atomic E-state index is 0.0258. The molecule has 4 saturated heterocycles. The Morgan fingerprint density at radius 2 is 2.31 bits per heavy atom. The number of fused-ring (bicyclic) bond motifs is 3. The molecule has 4 aliphatic heterocycles. The predicted octanol–water partition coefficient (Wildman–Crippen LogP) is -0.0659. The highest BCUT2D eigenvalue weighted by Gasteiger charge is 2.83. The van der Waals surface area contributed by atoms with Crippen molar-refractivity contribution < 1.29 is 18.9 Å². The van der Waals surface area contributed by atoms with E-state index in [4.69, 9.17) is 18.9 Å². The van der Waals surface area contributed by atoms with Gasteiger partial charge in [-0.1, -0.05) is 0 Å². The van der Waals surface area contributed by atoms with Gasteiger partial charge >= 0.3 is 0 Å². The maximum absolute atomic E-state index is 5.73. The van der Waals surface area contributed by atoms with Crippen molar-refractivity contribution in [1.29, 1.82) is 0 Å². The van der Waals surface area contributed by atoms with Crippen molar-refractivity contribution in [3.05, 3.63) is 11.8 Å². The van der Waals surface area contributed by atoms with Crippen LogP contribution in [0.1, 0.15) is 6.42 Å². The van der Waals surface area contributed by atoms with Gasteiger partial charge in [0.15, 0.2) is 11.7 Å². The molecule has 4 heteroatoms. The molecule has 0 saturated carbocycles. The third-order valence-corrected chi connectivity index (χ3v) is 3.64. The van der Waals surface area contributed by atoms with E-state index in [0.29, 0.717) is 6.10 Å². The van der Waals surface area contributed by atoms with Crippen molar-refractivity contribution in [2.75, 3.05) is 0 Å². The van der Waals surface area contributed by atoms with Crippen LogP contribution in [0.5, 0.6) is 0 Å². The molecule has 0 aromatic rings. The Morgan fingerprint density at radius 1 is 1.31 bits per heavy atom. The summed E-state index contributed by atoms with van der Waals surface area (Å²) >= 11 is 0. The summed E-state index contributed by atoms with van der Waals surface area (Å²) in [5, 5.41) is 0. The maximum Gasteiger partial charge on any atom is 0.229 e. The molecule has 6 atom stereocenters. The molecule has 1 aliphatic carbocycles. The fourth-order valence-electron chi connectivity index (χ4n) is 2.82. The zero-order valence-corrected chi connectivity index (χ0v) is 6.80. The Kier molecular flexibility index (Phi) is 0.662. The van der Waals surface area contributed by atoms with E-state index in [-0.39, 0.29) is 30.2 Å². The molecule has 0 radical (unpaired) electrons. The summed E-state index contributed by atoms with van der Waals surface area (Å²) in [5.74, 6) is 0.968. The molecule has 0 N–H and O–H groups in total. The third kappa shape index (κ3) is 0.491. The highest BCUT2D eigenvalue weighted by atomic mass is 16.8. The van der Waals surface area contributed by atoms with Gasteiger partial charge in [0.25, 0.3) is 0 Å². The molecule has 68 valence electrons. The average molecular weight is 180 g/mol. The number of rotatable bonds is 0. The molecular weight excluding hydrogens is 172 g/mol. The Bertz CT molecular complexity index is 352. The molecular formula is C9H8O4. The van der Waals surface area contributed by atoms with E-state index in [1.54, 1.807) is 0 Å². The number of hydrogen-bond donors (Lipinski definition) is 0. The van der Waals surface area contributed by atoms with Crippen LogP contribution in [0.4, 0.5) is 0 Å². The molecule has 1 spiro atoms. The van der Waals surface area contributed by atoms with Crippen LogP contribution in [0.25, 0.3) is 0 Å². The van der Waals surface area contributed by atoms with Crippen LogP contribution in [0, 0.1) is 0 Å². The van der Waals surface area contributed by atoms with Crippen molar-refractivity contribution in [1.82, 2.24) is 0 Å². The Labute approximate surface area is 74.4 Å². The minimum Gasteiger partial charge on any atom is -0.463 e. The van der Waals surface area contributed by atoms with Crippen molar-refractivity contribution in [3.8, 4) is 0 Å².